The second kappa shape index (κ2) is 14.4. The third kappa shape index (κ3) is 8.29. The van der Waals surface area contributed by atoms with Gasteiger partial charge in [-0.05, 0) is 24.0 Å². The number of benzene rings is 2. The van der Waals surface area contributed by atoms with Crippen LogP contribution in [0.3, 0.4) is 0 Å². The van der Waals surface area contributed by atoms with Crippen LogP contribution in [0.5, 0.6) is 0 Å². The molecule has 2 aromatic carbocycles. The van der Waals surface area contributed by atoms with Crippen molar-refractivity contribution < 1.29 is 51.7 Å². The molecule has 0 spiro atoms. The van der Waals surface area contributed by atoms with Gasteiger partial charge >= 0.3 is 18.2 Å². The van der Waals surface area contributed by atoms with Gasteiger partial charge in [-0.25, -0.2) is 9.59 Å². The van der Waals surface area contributed by atoms with Gasteiger partial charge < -0.3 is 34.3 Å². The molecule has 4 fully saturated rings. The minimum absolute atomic E-state index is 0.232. The lowest BCUT2D eigenvalue weighted by Gasteiger charge is -2.52. The summed E-state index contributed by atoms with van der Waals surface area (Å²) >= 11 is 0. The first kappa shape index (κ1) is 33.3. The topological polar surface area (TPSA) is 125 Å². The van der Waals surface area contributed by atoms with E-state index in [1.54, 1.807) is 24.3 Å². The molecule has 2 aromatic rings. The molecule has 1 atom stereocenters. The van der Waals surface area contributed by atoms with Gasteiger partial charge in [0.25, 0.3) is 0 Å². The molecule has 0 unspecified atom stereocenters. The summed E-state index contributed by atoms with van der Waals surface area (Å²) < 4.78 is 44.0. The van der Waals surface area contributed by atoms with Crippen molar-refractivity contribution in [2.24, 2.45) is 5.92 Å². The summed E-state index contributed by atoms with van der Waals surface area (Å²) in [5.41, 5.74) is -0.887. The third-order valence-electron chi connectivity index (χ3n) is 8.94. The van der Waals surface area contributed by atoms with Crippen molar-refractivity contribution in [3.63, 3.8) is 0 Å². The molecule has 1 aliphatic carbocycles. The molecular formula is C32H39F3N2O7. The number of quaternary nitrogens is 1. The molecule has 1 saturated carbocycles. The zero-order chi connectivity index (χ0) is 31.8. The van der Waals surface area contributed by atoms with E-state index in [9.17, 15) is 27.9 Å². The Morgan fingerprint density at radius 2 is 1.41 bits per heavy atom. The molecule has 1 amide bonds. The van der Waals surface area contributed by atoms with Gasteiger partial charge in [-0.2, -0.15) is 13.2 Å². The highest BCUT2D eigenvalue weighted by Crippen LogP contribution is 2.38. The van der Waals surface area contributed by atoms with Gasteiger partial charge in [-0.15, -0.1) is 0 Å². The van der Waals surface area contributed by atoms with E-state index in [4.69, 9.17) is 19.4 Å². The maximum absolute atomic E-state index is 13.7. The number of carbonyl (C=O) groups is 3. The lowest BCUT2D eigenvalue weighted by molar-refractivity contribution is -0.946. The van der Waals surface area contributed by atoms with Gasteiger partial charge in [0.05, 0.1) is 13.1 Å². The fourth-order valence-corrected chi connectivity index (χ4v) is 6.44. The zero-order valence-corrected chi connectivity index (χ0v) is 24.5. The summed E-state index contributed by atoms with van der Waals surface area (Å²) in [6, 6.07) is 18.2. The number of esters is 1. The fraction of sp³-hybridized carbons (Fsp3) is 0.531. The molecule has 0 radical (unpaired) electrons. The van der Waals surface area contributed by atoms with Crippen molar-refractivity contribution in [2.75, 3.05) is 32.8 Å². The van der Waals surface area contributed by atoms with E-state index >= 15 is 0 Å². The van der Waals surface area contributed by atoms with Gasteiger partial charge in [-0.3, -0.25) is 0 Å². The number of alkyl halides is 3. The van der Waals surface area contributed by atoms with E-state index in [0.717, 1.165) is 56.1 Å². The summed E-state index contributed by atoms with van der Waals surface area (Å²) in [6.45, 7) is 3.73. The Bertz CT molecular complexity index is 1210. The van der Waals surface area contributed by atoms with E-state index in [-0.39, 0.29) is 24.2 Å². The van der Waals surface area contributed by atoms with Crippen LogP contribution in [-0.4, -0.2) is 78.7 Å². The van der Waals surface area contributed by atoms with Crippen LogP contribution in [0.25, 0.3) is 0 Å². The predicted molar refractivity (Wildman–Crippen MR) is 151 cm³/mol. The minimum Gasteiger partial charge on any atom is -0.542 e. The molecule has 3 saturated heterocycles. The average molecular weight is 621 g/mol. The Balaban J connectivity index is 0.000000566. The molecule has 240 valence electrons. The van der Waals surface area contributed by atoms with E-state index in [0.29, 0.717) is 30.8 Å². The number of amides is 1. The highest BCUT2D eigenvalue weighted by atomic mass is 19.4. The largest absolute Gasteiger partial charge is 0.542 e. The number of ether oxygens (including phenoxy) is 2. The number of carboxylic acid groups (broad SMARTS) is 1. The molecule has 2 bridgehead atoms. The van der Waals surface area contributed by atoms with Gasteiger partial charge in [0.15, 0.2) is 6.10 Å². The van der Waals surface area contributed by atoms with Gasteiger partial charge in [0, 0.05) is 24.8 Å². The monoisotopic (exact) mass is 620 g/mol. The summed E-state index contributed by atoms with van der Waals surface area (Å²) in [5, 5.41) is 23.6. The first-order valence-corrected chi connectivity index (χ1v) is 15.0. The lowest BCUT2D eigenvalue weighted by Crippen LogP contribution is -2.65. The predicted octanol–water partition coefficient (Wildman–Crippen LogP) is 3.43. The zero-order valence-electron chi connectivity index (χ0n) is 24.5. The number of aliphatic carboxylic acids is 1. The number of carboxylic acids is 1. The molecule has 12 heteroatoms. The normalized spacial score (nSPS) is 23.5. The molecule has 0 aromatic heterocycles. The molecule has 9 nitrogen and oxygen atoms in total. The van der Waals surface area contributed by atoms with Crippen LogP contribution in [-0.2, 0) is 24.7 Å². The molecule has 3 aliphatic heterocycles. The number of nitrogens with one attached hydrogen (secondary N) is 1. The number of carbonyl (C=O) groups excluding carboxylic acids is 3. The second-order valence-electron chi connectivity index (χ2n) is 11.8. The van der Waals surface area contributed by atoms with E-state index in [1.165, 1.54) is 6.42 Å². The van der Waals surface area contributed by atoms with Crippen molar-refractivity contribution in [3.05, 3.63) is 71.8 Å². The minimum atomic E-state index is -5.19. The molecule has 3 heterocycles. The Morgan fingerprint density at radius 3 is 1.91 bits per heavy atom. The van der Waals surface area contributed by atoms with Crippen molar-refractivity contribution in [1.29, 1.82) is 0 Å². The van der Waals surface area contributed by atoms with E-state index in [2.05, 4.69) is 5.32 Å². The third-order valence-corrected chi connectivity index (χ3v) is 8.94. The Labute approximate surface area is 254 Å². The van der Waals surface area contributed by atoms with E-state index in [1.807, 2.05) is 36.4 Å². The second-order valence-corrected chi connectivity index (χ2v) is 11.8. The van der Waals surface area contributed by atoms with Crippen molar-refractivity contribution in [3.8, 4) is 0 Å². The Hall–Kier alpha value is -3.64. The van der Waals surface area contributed by atoms with Crippen molar-refractivity contribution >= 4 is 18.0 Å². The van der Waals surface area contributed by atoms with Gasteiger partial charge in [-0.1, -0.05) is 79.9 Å². The molecule has 2 N–H and O–H groups in total. The summed E-state index contributed by atoms with van der Waals surface area (Å²) in [4.78, 5) is 34.7. The number of fused-ring (bicyclic) bond motifs is 3. The van der Waals surface area contributed by atoms with Crippen LogP contribution in [0.4, 0.5) is 18.0 Å². The van der Waals surface area contributed by atoms with Crippen LogP contribution in [0, 0.1) is 5.92 Å². The van der Waals surface area contributed by atoms with Crippen LogP contribution < -0.4 is 10.4 Å². The number of piperidine rings is 3. The quantitative estimate of drug-likeness (QED) is 0.342. The first-order valence-electron chi connectivity index (χ1n) is 15.0. The SMILES string of the molecule is O=C(NC1CCCCC1)OCC[N+]12CCC(CC1)[C@@H](OC(=O)C(O)(c1ccccc1)c1ccccc1)C2.O=C([O-])C(F)(F)F. The number of aliphatic hydroxyl groups is 1. The van der Waals surface area contributed by atoms with Crippen LogP contribution in [0.2, 0.25) is 0 Å². The molecule has 4 aliphatic rings. The maximum Gasteiger partial charge on any atom is 0.430 e. The number of halogens is 3. The van der Waals surface area contributed by atoms with Crippen LogP contribution >= 0.6 is 0 Å². The number of rotatable bonds is 8. The maximum atomic E-state index is 13.7. The number of hydrogen-bond donors (Lipinski definition) is 2. The molecular weight excluding hydrogens is 581 g/mol. The smallest absolute Gasteiger partial charge is 0.430 e. The number of alkyl carbamates (subject to hydrolysis) is 1. The van der Waals surface area contributed by atoms with Crippen LogP contribution in [0.1, 0.15) is 56.1 Å². The molecule has 44 heavy (non-hydrogen) atoms. The average Bonchev–Trinajstić information content (AvgIpc) is 3.02. The number of hydrogen-bond acceptors (Lipinski definition) is 7. The van der Waals surface area contributed by atoms with Crippen molar-refractivity contribution in [1.82, 2.24) is 5.32 Å². The summed E-state index contributed by atoms with van der Waals surface area (Å²) in [5.74, 6) is -3.35. The number of nitrogens with zero attached hydrogens (tertiary/aromatic N) is 1. The molecule has 6 rings (SSSR count). The standard InChI is InChI=1S/C30H38N2O5.C2HF3O2/c33-28(30(35,24-10-4-1-5-11-24)25-12-6-2-7-13-25)37-27-22-32(18-16-23(27)17-19-32)20-21-36-29(34)31-26-14-8-3-9-15-26;3-2(4,5)1(6)7/h1-2,4-7,10-13,23,26-27,35H,3,8-9,14-22H2;(H,6,7)/t23?,27-,32?;/m0./s1. The van der Waals surface area contributed by atoms with Gasteiger partial charge in [0.2, 0.25) is 5.60 Å². The highest BCUT2D eigenvalue weighted by molar-refractivity contribution is 5.85. The highest BCUT2D eigenvalue weighted by Gasteiger charge is 2.50. The Kier molecular flexibility index (Phi) is 10.9. The van der Waals surface area contributed by atoms with Crippen LogP contribution in [0.15, 0.2) is 60.7 Å². The van der Waals surface area contributed by atoms with E-state index < -0.39 is 23.7 Å². The lowest BCUT2D eigenvalue weighted by atomic mass is 9.82. The summed E-state index contributed by atoms with van der Waals surface area (Å²) in [7, 11) is 0. The fourth-order valence-electron chi connectivity index (χ4n) is 6.44. The summed E-state index contributed by atoms with van der Waals surface area (Å²) in [6.07, 6.45) is 1.76. The Morgan fingerprint density at radius 1 is 0.886 bits per heavy atom. The first-order chi connectivity index (χ1) is 20.9. The van der Waals surface area contributed by atoms with Crippen molar-refractivity contribution in [2.45, 2.75) is 68.9 Å². The van der Waals surface area contributed by atoms with Gasteiger partial charge in [0.1, 0.15) is 25.7 Å².